The van der Waals surface area contributed by atoms with Crippen LogP contribution in [-0.4, -0.2) is 28.8 Å². The summed E-state index contributed by atoms with van der Waals surface area (Å²) < 4.78 is 10.4. The minimum Gasteiger partial charge on any atom is -0.468 e. The molecule has 19 heavy (non-hydrogen) atoms. The highest BCUT2D eigenvalue weighted by Crippen LogP contribution is 2.38. The molecule has 1 aromatic rings. The molecule has 0 aromatic carbocycles. The lowest BCUT2D eigenvalue weighted by Gasteiger charge is -2.26. The Kier molecular flexibility index (Phi) is 4.19. The first-order chi connectivity index (χ1) is 9.09. The second kappa shape index (κ2) is 5.69. The van der Waals surface area contributed by atoms with Crippen molar-refractivity contribution in [2.45, 2.75) is 57.5 Å². The summed E-state index contributed by atoms with van der Waals surface area (Å²) in [4.78, 5) is 11.8. The first kappa shape index (κ1) is 14.0. The summed E-state index contributed by atoms with van der Waals surface area (Å²) in [6, 6.07) is 0. The van der Waals surface area contributed by atoms with E-state index in [2.05, 4.69) is 15.5 Å². The van der Waals surface area contributed by atoms with E-state index in [9.17, 15) is 4.79 Å². The highest BCUT2D eigenvalue weighted by molar-refractivity contribution is 5.80. The van der Waals surface area contributed by atoms with Gasteiger partial charge in [0.05, 0.1) is 13.7 Å². The van der Waals surface area contributed by atoms with Crippen molar-refractivity contribution in [3.8, 4) is 0 Å². The summed E-state index contributed by atoms with van der Waals surface area (Å²) in [5.41, 5.74) is -0.711. The Morgan fingerprint density at radius 1 is 1.53 bits per heavy atom. The van der Waals surface area contributed by atoms with E-state index in [1.54, 1.807) is 0 Å². The number of hydrogen-bond donors (Lipinski definition) is 1. The minimum absolute atomic E-state index is 0.267. The molecule has 1 saturated carbocycles. The third kappa shape index (κ3) is 3.32. The lowest BCUT2D eigenvalue weighted by atomic mass is 9.96. The zero-order valence-corrected chi connectivity index (χ0v) is 11.7. The van der Waals surface area contributed by atoms with Gasteiger partial charge in [0.15, 0.2) is 0 Å². The van der Waals surface area contributed by atoms with Gasteiger partial charge in [-0.2, -0.15) is 0 Å². The second-order valence-corrected chi connectivity index (χ2v) is 5.24. The van der Waals surface area contributed by atoms with Crippen molar-refractivity contribution in [2.24, 2.45) is 0 Å². The van der Waals surface area contributed by atoms with Gasteiger partial charge in [-0.1, -0.05) is 13.3 Å². The third-order valence-electron chi connectivity index (χ3n) is 3.42. The van der Waals surface area contributed by atoms with Crippen molar-refractivity contribution in [1.82, 2.24) is 15.5 Å². The molecule has 1 atom stereocenters. The Morgan fingerprint density at radius 2 is 2.26 bits per heavy atom. The normalized spacial score (nSPS) is 18.1. The van der Waals surface area contributed by atoms with Gasteiger partial charge in [0.25, 0.3) is 0 Å². The van der Waals surface area contributed by atoms with Gasteiger partial charge in [-0.25, -0.2) is 0 Å². The smallest absolute Gasteiger partial charge is 0.325 e. The van der Waals surface area contributed by atoms with Crippen LogP contribution in [0.1, 0.15) is 57.2 Å². The van der Waals surface area contributed by atoms with Gasteiger partial charge in [0.2, 0.25) is 11.8 Å². The van der Waals surface area contributed by atoms with E-state index in [0.717, 1.165) is 19.3 Å². The molecule has 6 heteroatoms. The highest BCUT2D eigenvalue weighted by atomic mass is 16.5. The predicted octanol–water partition coefficient (Wildman–Crippen LogP) is 1.77. The van der Waals surface area contributed by atoms with Crippen LogP contribution in [0.15, 0.2) is 4.42 Å². The van der Waals surface area contributed by atoms with Crippen molar-refractivity contribution >= 4 is 5.97 Å². The summed E-state index contributed by atoms with van der Waals surface area (Å²) in [5, 5.41) is 11.2. The van der Waals surface area contributed by atoms with Crippen LogP contribution in [0, 0.1) is 0 Å². The molecule has 0 aliphatic heterocycles. The Hall–Kier alpha value is -1.43. The molecule has 106 valence electrons. The van der Waals surface area contributed by atoms with Crippen molar-refractivity contribution in [1.29, 1.82) is 0 Å². The number of nitrogens with zero attached hydrogens (tertiary/aromatic N) is 2. The SMILES string of the molecule is CCC[C@](C)(NCc1nnc(C2CC2)o1)C(=O)OC. The average molecular weight is 267 g/mol. The second-order valence-electron chi connectivity index (χ2n) is 5.24. The zero-order chi connectivity index (χ0) is 13.9. The number of hydrogen-bond acceptors (Lipinski definition) is 6. The van der Waals surface area contributed by atoms with Crippen molar-refractivity contribution in [3.63, 3.8) is 0 Å². The van der Waals surface area contributed by atoms with Crippen LogP contribution in [0.2, 0.25) is 0 Å². The largest absolute Gasteiger partial charge is 0.468 e. The van der Waals surface area contributed by atoms with Crippen LogP contribution in [-0.2, 0) is 16.1 Å². The maximum atomic E-state index is 11.8. The predicted molar refractivity (Wildman–Crippen MR) is 68.4 cm³/mol. The first-order valence-corrected chi connectivity index (χ1v) is 6.74. The number of nitrogens with one attached hydrogen (secondary N) is 1. The van der Waals surface area contributed by atoms with E-state index in [4.69, 9.17) is 9.15 Å². The molecule has 0 amide bonds. The molecular weight excluding hydrogens is 246 g/mol. The molecule has 0 bridgehead atoms. The molecule has 1 heterocycles. The number of aromatic nitrogens is 2. The van der Waals surface area contributed by atoms with E-state index < -0.39 is 5.54 Å². The fourth-order valence-corrected chi connectivity index (χ4v) is 2.09. The quantitative estimate of drug-likeness (QED) is 0.759. The van der Waals surface area contributed by atoms with Crippen molar-refractivity contribution in [2.75, 3.05) is 7.11 Å². The maximum Gasteiger partial charge on any atom is 0.325 e. The van der Waals surface area contributed by atoms with Crippen LogP contribution in [0.5, 0.6) is 0 Å². The van der Waals surface area contributed by atoms with Gasteiger partial charge in [-0.05, 0) is 26.2 Å². The van der Waals surface area contributed by atoms with Crippen molar-refractivity contribution < 1.29 is 13.9 Å². The average Bonchev–Trinajstić information content (AvgIpc) is 3.15. The number of rotatable bonds is 7. The monoisotopic (exact) mass is 267 g/mol. The van der Waals surface area contributed by atoms with Gasteiger partial charge in [0, 0.05) is 5.92 Å². The van der Waals surface area contributed by atoms with Gasteiger partial charge in [-0.3, -0.25) is 10.1 Å². The fourth-order valence-electron chi connectivity index (χ4n) is 2.09. The molecule has 0 radical (unpaired) electrons. The molecule has 0 spiro atoms. The highest BCUT2D eigenvalue weighted by Gasteiger charge is 2.34. The van der Waals surface area contributed by atoms with Gasteiger partial charge < -0.3 is 9.15 Å². The van der Waals surface area contributed by atoms with Crippen LogP contribution < -0.4 is 5.32 Å². The molecule has 0 unspecified atom stereocenters. The fraction of sp³-hybridized carbons (Fsp3) is 0.769. The summed E-state index contributed by atoms with van der Waals surface area (Å²) in [6.45, 7) is 4.24. The molecule has 0 saturated heterocycles. The Morgan fingerprint density at radius 3 is 2.84 bits per heavy atom. The van der Waals surface area contributed by atoms with Crippen LogP contribution >= 0.6 is 0 Å². The zero-order valence-electron chi connectivity index (χ0n) is 11.7. The minimum atomic E-state index is -0.711. The molecule has 1 aromatic heterocycles. The van der Waals surface area contributed by atoms with Gasteiger partial charge in [0.1, 0.15) is 5.54 Å². The van der Waals surface area contributed by atoms with E-state index in [0.29, 0.717) is 30.7 Å². The molecule has 1 aliphatic rings. The summed E-state index contributed by atoms with van der Waals surface area (Å²) in [6.07, 6.45) is 3.84. The Labute approximate surface area is 112 Å². The topological polar surface area (TPSA) is 77.3 Å². The number of carbonyl (C=O) groups excluding carboxylic acids is 1. The number of methoxy groups -OCH3 is 1. The number of esters is 1. The van der Waals surface area contributed by atoms with E-state index >= 15 is 0 Å². The van der Waals surface area contributed by atoms with Crippen LogP contribution in [0.3, 0.4) is 0 Å². The maximum absolute atomic E-state index is 11.8. The lowest BCUT2D eigenvalue weighted by Crippen LogP contribution is -2.49. The molecular formula is C13H21N3O3. The number of carbonyl (C=O) groups is 1. The van der Waals surface area contributed by atoms with E-state index in [1.807, 2.05) is 13.8 Å². The summed E-state index contributed by atoms with van der Waals surface area (Å²) in [7, 11) is 1.40. The standard InChI is InChI=1S/C13H21N3O3/c1-4-7-13(2,12(17)18-3)14-8-10-15-16-11(19-10)9-5-6-9/h9,14H,4-8H2,1-3H3/t13-/m0/s1. The van der Waals surface area contributed by atoms with Gasteiger partial charge in [-0.15, -0.1) is 10.2 Å². The first-order valence-electron chi connectivity index (χ1n) is 6.74. The molecule has 1 aliphatic carbocycles. The lowest BCUT2D eigenvalue weighted by molar-refractivity contribution is -0.148. The summed E-state index contributed by atoms with van der Waals surface area (Å²) >= 11 is 0. The van der Waals surface area contributed by atoms with Crippen molar-refractivity contribution in [3.05, 3.63) is 11.8 Å². The third-order valence-corrected chi connectivity index (χ3v) is 3.42. The Balaban J connectivity index is 1.95. The molecule has 1 N–H and O–H groups in total. The van der Waals surface area contributed by atoms with Crippen LogP contribution in [0.25, 0.3) is 0 Å². The summed E-state index contributed by atoms with van der Waals surface area (Å²) in [5.74, 6) is 1.42. The van der Waals surface area contributed by atoms with Gasteiger partial charge >= 0.3 is 5.97 Å². The molecule has 1 fully saturated rings. The Bertz CT molecular complexity index is 442. The van der Waals surface area contributed by atoms with E-state index in [1.165, 1.54) is 7.11 Å². The van der Waals surface area contributed by atoms with E-state index in [-0.39, 0.29) is 5.97 Å². The van der Waals surface area contributed by atoms with Crippen LogP contribution in [0.4, 0.5) is 0 Å². The molecule has 2 rings (SSSR count). The molecule has 6 nitrogen and oxygen atoms in total. The number of ether oxygens (including phenoxy) is 1.